The molecule has 0 saturated heterocycles. The molecule has 26 heavy (non-hydrogen) atoms. The lowest BCUT2D eigenvalue weighted by Gasteiger charge is -2.18. The first kappa shape index (κ1) is 17.9. The number of benzene rings is 2. The summed E-state index contributed by atoms with van der Waals surface area (Å²) in [5, 5.41) is 14.5. The molecule has 0 fully saturated rings. The van der Waals surface area contributed by atoms with Crippen molar-refractivity contribution in [3.8, 4) is 0 Å². The van der Waals surface area contributed by atoms with Crippen LogP contribution in [-0.2, 0) is 6.54 Å². The lowest BCUT2D eigenvalue weighted by molar-refractivity contribution is 0.245. The first-order valence-corrected chi connectivity index (χ1v) is 8.61. The van der Waals surface area contributed by atoms with Gasteiger partial charge in [-0.05, 0) is 30.7 Å². The number of halogens is 1. The standard InChI is InChI=1S/C18H18ClN5O2/c1-2-12(20-18(26)21-16-10-6-4-8-14(16)19)11-24-17(25)13-7-3-5-9-15(13)22-23-24/h3-10,12H,2,11H2,1H3,(H2,20,21,26)/t12-/m0/s1. The van der Waals surface area contributed by atoms with Gasteiger partial charge in [0.25, 0.3) is 5.56 Å². The Morgan fingerprint density at radius 3 is 2.69 bits per heavy atom. The van der Waals surface area contributed by atoms with Crippen molar-refractivity contribution >= 4 is 34.2 Å². The molecule has 1 atom stereocenters. The number of hydrogen-bond acceptors (Lipinski definition) is 4. The van der Waals surface area contributed by atoms with Crippen molar-refractivity contribution < 1.29 is 4.79 Å². The Morgan fingerprint density at radius 2 is 1.92 bits per heavy atom. The average Bonchev–Trinajstić information content (AvgIpc) is 2.65. The van der Waals surface area contributed by atoms with Gasteiger partial charge in [-0.25, -0.2) is 9.48 Å². The third kappa shape index (κ3) is 4.00. The molecular formula is C18H18ClN5O2. The molecule has 0 aliphatic rings. The van der Waals surface area contributed by atoms with Crippen LogP contribution in [0.2, 0.25) is 5.02 Å². The molecule has 0 aliphatic heterocycles. The van der Waals surface area contributed by atoms with Crippen LogP contribution in [0.5, 0.6) is 0 Å². The molecule has 2 N–H and O–H groups in total. The molecule has 0 saturated carbocycles. The number of fused-ring (bicyclic) bond motifs is 1. The van der Waals surface area contributed by atoms with Crippen LogP contribution in [0.25, 0.3) is 10.9 Å². The first-order chi connectivity index (χ1) is 12.6. The number of rotatable bonds is 5. The monoisotopic (exact) mass is 371 g/mol. The quantitative estimate of drug-likeness (QED) is 0.721. The van der Waals surface area contributed by atoms with E-state index < -0.39 is 6.03 Å². The van der Waals surface area contributed by atoms with Crippen LogP contribution in [0, 0.1) is 0 Å². The zero-order valence-corrected chi connectivity index (χ0v) is 14.9. The fourth-order valence-corrected chi connectivity index (χ4v) is 2.72. The van der Waals surface area contributed by atoms with Crippen molar-refractivity contribution in [1.29, 1.82) is 0 Å². The number of urea groups is 1. The van der Waals surface area contributed by atoms with Gasteiger partial charge in [0.05, 0.1) is 28.7 Å². The molecule has 0 unspecified atom stereocenters. The molecular weight excluding hydrogens is 354 g/mol. The number of amides is 2. The summed E-state index contributed by atoms with van der Waals surface area (Å²) >= 11 is 6.04. The van der Waals surface area contributed by atoms with Gasteiger partial charge in [0.2, 0.25) is 0 Å². The lowest BCUT2D eigenvalue weighted by Crippen LogP contribution is -2.42. The number of carbonyl (C=O) groups is 1. The van der Waals surface area contributed by atoms with Crippen LogP contribution in [0.1, 0.15) is 13.3 Å². The SMILES string of the molecule is CC[C@@H](Cn1nnc2ccccc2c1=O)NC(=O)Nc1ccccc1Cl. The summed E-state index contributed by atoms with van der Waals surface area (Å²) in [6.07, 6.45) is 0.622. The zero-order chi connectivity index (χ0) is 18.5. The average molecular weight is 372 g/mol. The largest absolute Gasteiger partial charge is 0.333 e. The maximum absolute atomic E-state index is 12.5. The second-order valence-electron chi connectivity index (χ2n) is 5.78. The van der Waals surface area contributed by atoms with E-state index in [0.29, 0.717) is 28.0 Å². The van der Waals surface area contributed by atoms with Gasteiger partial charge in [-0.2, -0.15) is 0 Å². The number of anilines is 1. The molecule has 3 rings (SSSR count). The highest BCUT2D eigenvalue weighted by atomic mass is 35.5. The smallest absolute Gasteiger partial charge is 0.319 e. The number of aromatic nitrogens is 3. The van der Waals surface area contributed by atoms with Gasteiger partial charge in [-0.3, -0.25) is 4.79 Å². The summed E-state index contributed by atoms with van der Waals surface area (Å²) < 4.78 is 1.27. The van der Waals surface area contributed by atoms with Crippen LogP contribution < -0.4 is 16.2 Å². The van der Waals surface area contributed by atoms with Crippen molar-refractivity contribution in [2.45, 2.75) is 25.9 Å². The highest BCUT2D eigenvalue weighted by Gasteiger charge is 2.15. The summed E-state index contributed by atoms with van der Waals surface area (Å²) in [5.74, 6) is 0. The number of hydrogen-bond donors (Lipinski definition) is 2. The third-order valence-electron chi connectivity index (χ3n) is 3.97. The molecule has 8 heteroatoms. The number of nitrogens with zero attached hydrogens (tertiary/aromatic N) is 3. The Labute approximate surface area is 155 Å². The zero-order valence-electron chi connectivity index (χ0n) is 14.1. The predicted octanol–water partition coefficient (Wildman–Crippen LogP) is 3.05. The van der Waals surface area contributed by atoms with E-state index in [2.05, 4.69) is 20.9 Å². The minimum atomic E-state index is -0.397. The highest BCUT2D eigenvalue weighted by molar-refractivity contribution is 6.33. The Balaban J connectivity index is 1.72. The van der Waals surface area contributed by atoms with E-state index in [4.69, 9.17) is 11.6 Å². The van der Waals surface area contributed by atoms with Crippen LogP contribution in [-0.4, -0.2) is 27.1 Å². The normalized spacial score (nSPS) is 11.9. The molecule has 0 radical (unpaired) electrons. The first-order valence-electron chi connectivity index (χ1n) is 8.23. The van der Waals surface area contributed by atoms with E-state index in [9.17, 15) is 9.59 Å². The summed E-state index contributed by atoms with van der Waals surface area (Å²) in [4.78, 5) is 24.7. The Hall–Kier alpha value is -2.93. The van der Waals surface area contributed by atoms with Gasteiger partial charge in [-0.15, -0.1) is 5.10 Å². The summed E-state index contributed by atoms with van der Waals surface area (Å²) in [6.45, 7) is 2.14. The second-order valence-corrected chi connectivity index (χ2v) is 6.18. The van der Waals surface area contributed by atoms with Crippen molar-refractivity contribution in [3.63, 3.8) is 0 Å². The molecule has 0 spiro atoms. The third-order valence-corrected chi connectivity index (χ3v) is 4.30. The fourth-order valence-electron chi connectivity index (χ4n) is 2.53. The van der Waals surface area contributed by atoms with Crippen molar-refractivity contribution in [2.75, 3.05) is 5.32 Å². The molecule has 134 valence electrons. The maximum atomic E-state index is 12.5. The fraction of sp³-hybridized carbons (Fsp3) is 0.222. The van der Waals surface area contributed by atoms with Gasteiger partial charge in [-0.1, -0.05) is 48.0 Å². The van der Waals surface area contributed by atoms with E-state index in [1.54, 1.807) is 48.5 Å². The summed E-state index contributed by atoms with van der Waals surface area (Å²) in [7, 11) is 0. The Morgan fingerprint density at radius 1 is 1.19 bits per heavy atom. The molecule has 1 heterocycles. The predicted molar refractivity (Wildman–Crippen MR) is 101 cm³/mol. The van der Waals surface area contributed by atoms with Gasteiger partial charge in [0.1, 0.15) is 5.52 Å². The van der Waals surface area contributed by atoms with E-state index in [1.165, 1.54) is 4.68 Å². The van der Waals surface area contributed by atoms with Crippen LogP contribution >= 0.6 is 11.6 Å². The van der Waals surface area contributed by atoms with E-state index in [-0.39, 0.29) is 18.1 Å². The molecule has 7 nitrogen and oxygen atoms in total. The molecule has 0 bridgehead atoms. The van der Waals surface area contributed by atoms with E-state index in [0.717, 1.165) is 0 Å². The molecule has 2 amide bonds. The number of para-hydroxylation sites is 1. The number of nitrogens with one attached hydrogen (secondary N) is 2. The summed E-state index contributed by atoms with van der Waals surface area (Å²) in [5.41, 5.74) is 0.831. The molecule has 3 aromatic rings. The van der Waals surface area contributed by atoms with E-state index >= 15 is 0 Å². The topological polar surface area (TPSA) is 88.9 Å². The lowest BCUT2D eigenvalue weighted by atomic mass is 10.2. The maximum Gasteiger partial charge on any atom is 0.319 e. The highest BCUT2D eigenvalue weighted by Crippen LogP contribution is 2.20. The minimum absolute atomic E-state index is 0.225. The molecule has 0 aliphatic carbocycles. The van der Waals surface area contributed by atoms with E-state index in [1.807, 2.05) is 6.92 Å². The van der Waals surface area contributed by atoms with Crippen molar-refractivity contribution in [2.24, 2.45) is 0 Å². The molecule has 2 aromatic carbocycles. The van der Waals surface area contributed by atoms with Crippen LogP contribution in [0.4, 0.5) is 10.5 Å². The minimum Gasteiger partial charge on any atom is -0.333 e. The molecule has 1 aromatic heterocycles. The van der Waals surface area contributed by atoms with Crippen LogP contribution in [0.15, 0.2) is 53.3 Å². The van der Waals surface area contributed by atoms with Crippen molar-refractivity contribution in [3.05, 3.63) is 63.9 Å². The Bertz CT molecular complexity index is 988. The van der Waals surface area contributed by atoms with Crippen LogP contribution in [0.3, 0.4) is 0 Å². The van der Waals surface area contributed by atoms with Gasteiger partial charge in [0, 0.05) is 0 Å². The number of carbonyl (C=O) groups excluding carboxylic acids is 1. The van der Waals surface area contributed by atoms with Gasteiger partial charge in [0.15, 0.2) is 0 Å². The second kappa shape index (κ2) is 7.97. The van der Waals surface area contributed by atoms with Gasteiger partial charge < -0.3 is 10.6 Å². The van der Waals surface area contributed by atoms with Gasteiger partial charge >= 0.3 is 6.03 Å². The summed E-state index contributed by atoms with van der Waals surface area (Å²) in [6, 6.07) is 13.3. The Kier molecular flexibility index (Phi) is 5.48. The van der Waals surface area contributed by atoms with Crippen molar-refractivity contribution in [1.82, 2.24) is 20.3 Å².